The van der Waals surface area contributed by atoms with Crippen molar-refractivity contribution in [2.24, 2.45) is 4.99 Å². The molecule has 2 aromatic carbocycles. The smallest absolute Gasteiger partial charge is 0.240 e. The third-order valence-electron chi connectivity index (χ3n) is 4.98. The van der Waals surface area contributed by atoms with Gasteiger partial charge in [0, 0.05) is 25.6 Å². The van der Waals surface area contributed by atoms with Crippen LogP contribution in [0.15, 0.2) is 64.5 Å². The lowest BCUT2D eigenvalue weighted by Gasteiger charge is -2.22. The number of aliphatic imine (C=N–C) groups is 1. The summed E-state index contributed by atoms with van der Waals surface area (Å²) in [5.41, 5.74) is 2.23. The molecule has 1 aliphatic heterocycles. The summed E-state index contributed by atoms with van der Waals surface area (Å²) in [6.45, 7) is 5.17. The third kappa shape index (κ3) is 4.91. The second-order valence-corrected chi connectivity index (χ2v) is 8.75. The van der Waals surface area contributed by atoms with Crippen LogP contribution in [0, 0.1) is 0 Å². The van der Waals surface area contributed by atoms with Gasteiger partial charge < -0.3 is 10.2 Å². The number of sulfonamides is 1. The van der Waals surface area contributed by atoms with Crippen molar-refractivity contribution < 1.29 is 8.42 Å². The normalized spacial score (nSPS) is 17.7. The van der Waals surface area contributed by atoms with Gasteiger partial charge in [-0.1, -0.05) is 42.5 Å². The Morgan fingerprint density at radius 2 is 1.96 bits per heavy atom. The minimum atomic E-state index is -3.45. The maximum absolute atomic E-state index is 12.0. The zero-order chi connectivity index (χ0) is 20.0. The summed E-state index contributed by atoms with van der Waals surface area (Å²) in [5, 5.41) is 3.37. The summed E-state index contributed by atoms with van der Waals surface area (Å²) in [5.74, 6) is 1.39. The third-order valence-corrected chi connectivity index (χ3v) is 6.39. The van der Waals surface area contributed by atoms with E-state index in [4.69, 9.17) is 4.99 Å². The van der Waals surface area contributed by atoms with Gasteiger partial charge in [0.1, 0.15) is 0 Å². The highest BCUT2D eigenvalue weighted by Crippen LogP contribution is 2.27. The number of hydrogen-bond acceptors (Lipinski definition) is 3. The lowest BCUT2D eigenvalue weighted by molar-refractivity contribution is 0.486. The molecule has 0 bridgehead atoms. The first-order valence-corrected chi connectivity index (χ1v) is 11.1. The molecular weight excluding hydrogens is 372 g/mol. The summed E-state index contributed by atoms with van der Waals surface area (Å²) in [6, 6.07) is 17.5. The van der Waals surface area contributed by atoms with Gasteiger partial charge in [-0.25, -0.2) is 18.1 Å². The molecule has 0 spiro atoms. The zero-order valence-electron chi connectivity index (χ0n) is 16.4. The Morgan fingerprint density at radius 1 is 1.18 bits per heavy atom. The highest BCUT2D eigenvalue weighted by Gasteiger charge is 2.25. The van der Waals surface area contributed by atoms with Gasteiger partial charge in [0.25, 0.3) is 0 Å². The van der Waals surface area contributed by atoms with Crippen LogP contribution in [-0.2, 0) is 16.6 Å². The number of likely N-dealkylation sites (tertiary alicyclic amines) is 1. The van der Waals surface area contributed by atoms with E-state index in [-0.39, 0.29) is 4.90 Å². The Balaban J connectivity index is 1.73. The van der Waals surface area contributed by atoms with Gasteiger partial charge in [-0.3, -0.25) is 0 Å². The minimum absolute atomic E-state index is 0.262. The first-order valence-electron chi connectivity index (χ1n) is 9.64. The molecule has 6 nitrogen and oxygen atoms in total. The Morgan fingerprint density at radius 3 is 2.68 bits per heavy atom. The van der Waals surface area contributed by atoms with Crippen molar-refractivity contribution in [2.45, 2.75) is 30.7 Å². The van der Waals surface area contributed by atoms with Gasteiger partial charge >= 0.3 is 0 Å². The molecule has 1 saturated heterocycles. The van der Waals surface area contributed by atoms with Crippen molar-refractivity contribution in [3.05, 3.63) is 65.7 Å². The molecule has 1 atom stereocenters. The summed E-state index contributed by atoms with van der Waals surface area (Å²) < 4.78 is 26.4. The van der Waals surface area contributed by atoms with Crippen molar-refractivity contribution in [2.75, 3.05) is 26.7 Å². The largest absolute Gasteiger partial charge is 0.357 e. The zero-order valence-corrected chi connectivity index (χ0v) is 17.2. The summed E-state index contributed by atoms with van der Waals surface area (Å²) >= 11 is 0. The molecule has 1 unspecified atom stereocenters. The van der Waals surface area contributed by atoms with Crippen LogP contribution in [0.2, 0.25) is 0 Å². The van der Waals surface area contributed by atoms with Crippen molar-refractivity contribution in [3.63, 3.8) is 0 Å². The van der Waals surface area contributed by atoms with Gasteiger partial charge in [-0.15, -0.1) is 0 Å². The van der Waals surface area contributed by atoms with E-state index in [0.717, 1.165) is 37.6 Å². The van der Waals surface area contributed by atoms with E-state index in [1.807, 2.05) is 12.1 Å². The number of rotatable bonds is 6. The van der Waals surface area contributed by atoms with Crippen LogP contribution in [-0.4, -0.2) is 46.0 Å². The first kappa shape index (κ1) is 20.4. The number of benzene rings is 2. The number of guanidine groups is 1. The maximum atomic E-state index is 12.0. The van der Waals surface area contributed by atoms with Gasteiger partial charge in [-0.05, 0) is 43.7 Å². The average molecular weight is 401 g/mol. The minimum Gasteiger partial charge on any atom is -0.357 e. The molecule has 1 fully saturated rings. The summed E-state index contributed by atoms with van der Waals surface area (Å²) in [4.78, 5) is 7.31. The molecule has 0 aliphatic carbocycles. The second-order valence-electron chi connectivity index (χ2n) is 6.87. The average Bonchev–Trinajstić information content (AvgIpc) is 3.22. The topological polar surface area (TPSA) is 73.8 Å². The van der Waals surface area contributed by atoms with Gasteiger partial charge in [0.05, 0.1) is 11.4 Å². The highest BCUT2D eigenvalue weighted by atomic mass is 32.2. The van der Waals surface area contributed by atoms with E-state index in [1.54, 1.807) is 18.2 Å². The summed E-state index contributed by atoms with van der Waals surface area (Å²) in [7, 11) is -2.03. The Kier molecular flexibility index (Phi) is 6.70. The van der Waals surface area contributed by atoms with Gasteiger partial charge in [0.2, 0.25) is 10.0 Å². The fourth-order valence-electron chi connectivity index (χ4n) is 3.47. The van der Waals surface area contributed by atoms with E-state index in [1.165, 1.54) is 12.6 Å². The standard InChI is InChI=1S/C21H28N4O2S/c1-3-23-21(25-13-12-19(16-25)18-9-5-4-6-10-18)24-15-17-8-7-11-20(14-17)28(26,27)22-2/h4-11,14,19,22H,3,12-13,15-16H2,1-2H3,(H,23,24). The van der Waals surface area contributed by atoms with Crippen LogP contribution in [0.4, 0.5) is 0 Å². The number of nitrogens with one attached hydrogen (secondary N) is 2. The van der Waals surface area contributed by atoms with E-state index in [2.05, 4.69) is 46.1 Å². The number of hydrogen-bond donors (Lipinski definition) is 2. The molecular formula is C21H28N4O2S. The van der Waals surface area contributed by atoms with Crippen LogP contribution >= 0.6 is 0 Å². The van der Waals surface area contributed by atoms with Crippen LogP contribution in [0.5, 0.6) is 0 Å². The fraction of sp³-hybridized carbons (Fsp3) is 0.381. The van der Waals surface area contributed by atoms with E-state index < -0.39 is 10.0 Å². The van der Waals surface area contributed by atoms with Crippen LogP contribution in [0.25, 0.3) is 0 Å². The molecule has 7 heteroatoms. The quantitative estimate of drug-likeness (QED) is 0.577. The molecule has 0 saturated carbocycles. The molecule has 0 radical (unpaired) electrons. The number of nitrogens with zero attached hydrogens (tertiary/aromatic N) is 2. The Hall–Kier alpha value is -2.38. The van der Waals surface area contributed by atoms with E-state index in [9.17, 15) is 8.42 Å². The molecule has 2 N–H and O–H groups in total. The summed E-state index contributed by atoms with van der Waals surface area (Å²) in [6.07, 6.45) is 1.10. The van der Waals surface area contributed by atoms with Crippen LogP contribution < -0.4 is 10.0 Å². The molecule has 2 aromatic rings. The molecule has 1 aliphatic rings. The van der Waals surface area contributed by atoms with Gasteiger partial charge in [0.15, 0.2) is 5.96 Å². The van der Waals surface area contributed by atoms with Crippen LogP contribution in [0.1, 0.15) is 30.4 Å². The molecule has 1 heterocycles. The van der Waals surface area contributed by atoms with Crippen molar-refractivity contribution in [3.8, 4) is 0 Å². The molecule has 0 aromatic heterocycles. The lowest BCUT2D eigenvalue weighted by Crippen LogP contribution is -2.40. The maximum Gasteiger partial charge on any atom is 0.240 e. The molecule has 28 heavy (non-hydrogen) atoms. The predicted molar refractivity (Wildman–Crippen MR) is 113 cm³/mol. The second kappa shape index (κ2) is 9.21. The Bertz CT molecular complexity index is 913. The molecule has 3 rings (SSSR count). The Labute approximate surface area is 167 Å². The predicted octanol–water partition coefficient (Wildman–Crippen LogP) is 2.55. The molecule has 150 valence electrons. The van der Waals surface area contributed by atoms with Crippen molar-refractivity contribution in [1.29, 1.82) is 0 Å². The monoisotopic (exact) mass is 400 g/mol. The van der Waals surface area contributed by atoms with Gasteiger partial charge in [-0.2, -0.15) is 0 Å². The SMILES string of the molecule is CCNC(=NCc1cccc(S(=O)(=O)NC)c1)N1CCC(c2ccccc2)C1. The van der Waals surface area contributed by atoms with Crippen molar-refractivity contribution >= 4 is 16.0 Å². The lowest BCUT2D eigenvalue weighted by atomic mass is 9.99. The van der Waals surface area contributed by atoms with Crippen molar-refractivity contribution in [1.82, 2.24) is 14.9 Å². The molecule has 0 amide bonds. The van der Waals surface area contributed by atoms with E-state index >= 15 is 0 Å². The first-order chi connectivity index (χ1) is 13.5. The fourth-order valence-corrected chi connectivity index (χ4v) is 4.27. The van der Waals surface area contributed by atoms with E-state index in [0.29, 0.717) is 12.5 Å². The van der Waals surface area contributed by atoms with Crippen LogP contribution in [0.3, 0.4) is 0 Å². The highest BCUT2D eigenvalue weighted by molar-refractivity contribution is 7.89.